The van der Waals surface area contributed by atoms with Crippen LogP contribution >= 0.6 is 0 Å². The zero-order valence-electron chi connectivity index (χ0n) is 10.2. The fourth-order valence-corrected chi connectivity index (χ4v) is 2.51. The average molecular weight is 250 g/mol. The van der Waals surface area contributed by atoms with E-state index in [0.717, 1.165) is 18.6 Å². The van der Waals surface area contributed by atoms with Crippen LogP contribution in [0.3, 0.4) is 0 Å². The van der Waals surface area contributed by atoms with E-state index in [4.69, 9.17) is 5.26 Å². The molecular weight excluding hydrogens is 234 g/mol. The molecule has 1 aliphatic rings. The SMILES string of the molecule is N#Cc1cc(F)c(NCCC2CCCC2)c(F)c1. The maximum absolute atomic E-state index is 13.5. The van der Waals surface area contributed by atoms with Crippen LogP contribution in [0.2, 0.25) is 0 Å². The van der Waals surface area contributed by atoms with E-state index in [1.165, 1.54) is 25.7 Å². The second kappa shape index (κ2) is 5.81. The van der Waals surface area contributed by atoms with E-state index in [9.17, 15) is 8.78 Å². The number of rotatable bonds is 4. The molecule has 0 heterocycles. The Morgan fingerprint density at radius 3 is 2.39 bits per heavy atom. The van der Waals surface area contributed by atoms with Crippen molar-refractivity contribution >= 4 is 5.69 Å². The number of anilines is 1. The third-order valence-electron chi connectivity index (χ3n) is 3.50. The van der Waals surface area contributed by atoms with Crippen LogP contribution in [0.1, 0.15) is 37.7 Å². The van der Waals surface area contributed by atoms with Gasteiger partial charge in [0, 0.05) is 6.54 Å². The number of nitriles is 1. The highest BCUT2D eigenvalue weighted by molar-refractivity contribution is 5.50. The maximum Gasteiger partial charge on any atom is 0.150 e. The second-order valence-electron chi connectivity index (χ2n) is 4.79. The van der Waals surface area contributed by atoms with Gasteiger partial charge < -0.3 is 5.32 Å². The summed E-state index contributed by atoms with van der Waals surface area (Å²) in [6.07, 6.45) is 5.92. The molecule has 1 fully saturated rings. The van der Waals surface area contributed by atoms with Crippen LogP contribution in [0.4, 0.5) is 14.5 Å². The highest BCUT2D eigenvalue weighted by Crippen LogP contribution is 2.28. The van der Waals surface area contributed by atoms with Crippen LogP contribution in [0, 0.1) is 28.9 Å². The molecule has 18 heavy (non-hydrogen) atoms. The molecular formula is C14H16F2N2. The van der Waals surface area contributed by atoms with Gasteiger partial charge in [-0.2, -0.15) is 5.26 Å². The number of halogens is 2. The van der Waals surface area contributed by atoms with Crippen LogP contribution in [-0.2, 0) is 0 Å². The van der Waals surface area contributed by atoms with Gasteiger partial charge in [-0.15, -0.1) is 0 Å². The van der Waals surface area contributed by atoms with Crippen molar-refractivity contribution in [2.45, 2.75) is 32.1 Å². The zero-order chi connectivity index (χ0) is 13.0. The van der Waals surface area contributed by atoms with E-state index in [-0.39, 0.29) is 11.3 Å². The first kappa shape index (κ1) is 12.8. The summed E-state index contributed by atoms with van der Waals surface area (Å²) in [6, 6.07) is 3.84. The van der Waals surface area contributed by atoms with Gasteiger partial charge in [0.1, 0.15) is 5.69 Å². The largest absolute Gasteiger partial charge is 0.380 e. The van der Waals surface area contributed by atoms with Crippen molar-refractivity contribution < 1.29 is 8.78 Å². The Balaban J connectivity index is 1.94. The second-order valence-corrected chi connectivity index (χ2v) is 4.79. The van der Waals surface area contributed by atoms with E-state index < -0.39 is 11.6 Å². The first-order valence-electron chi connectivity index (χ1n) is 6.33. The Bertz CT molecular complexity index is 436. The number of nitrogens with zero attached hydrogens (tertiary/aromatic N) is 1. The molecule has 0 unspecified atom stereocenters. The summed E-state index contributed by atoms with van der Waals surface area (Å²) in [5.41, 5.74) is -0.113. The monoisotopic (exact) mass is 250 g/mol. The molecule has 0 amide bonds. The normalized spacial score (nSPS) is 15.6. The number of nitrogens with one attached hydrogen (secondary N) is 1. The van der Waals surface area contributed by atoms with E-state index in [0.29, 0.717) is 12.5 Å². The van der Waals surface area contributed by atoms with Gasteiger partial charge in [-0.3, -0.25) is 0 Å². The highest BCUT2D eigenvalue weighted by atomic mass is 19.1. The Morgan fingerprint density at radius 1 is 1.22 bits per heavy atom. The molecule has 4 heteroatoms. The predicted octanol–water partition coefficient (Wildman–Crippen LogP) is 3.83. The maximum atomic E-state index is 13.5. The minimum Gasteiger partial charge on any atom is -0.380 e. The fourth-order valence-electron chi connectivity index (χ4n) is 2.51. The third-order valence-corrected chi connectivity index (χ3v) is 3.50. The first-order valence-corrected chi connectivity index (χ1v) is 6.33. The van der Waals surface area contributed by atoms with Gasteiger partial charge in [0.25, 0.3) is 0 Å². The van der Waals surface area contributed by atoms with Gasteiger partial charge in [-0.25, -0.2) is 8.78 Å². The first-order chi connectivity index (χ1) is 8.70. The van der Waals surface area contributed by atoms with Gasteiger partial charge in [-0.05, 0) is 24.5 Å². The molecule has 96 valence electrons. The number of benzene rings is 1. The molecule has 1 N–H and O–H groups in total. The molecule has 0 radical (unpaired) electrons. The van der Waals surface area contributed by atoms with Gasteiger partial charge in [-0.1, -0.05) is 25.7 Å². The molecule has 0 bridgehead atoms. The van der Waals surface area contributed by atoms with Gasteiger partial charge in [0.05, 0.1) is 11.6 Å². The molecule has 1 aromatic rings. The molecule has 1 aromatic carbocycles. The number of hydrogen-bond donors (Lipinski definition) is 1. The van der Waals surface area contributed by atoms with Crippen LogP contribution in [0.25, 0.3) is 0 Å². The van der Waals surface area contributed by atoms with Crippen LogP contribution in [0.15, 0.2) is 12.1 Å². The molecule has 1 saturated carbocycles. The number of hydrogen-bond acceptors (Lipinski definition) is 2. The summed E-state index contributed by atoms with van der Waals surface area (Å²) in [6.45, 7) is 0.574. The predicted molar refractivity (Wildman–Crippen MR) is 66.1 cm³/mol. The van der Waals surface area contributed by atoms with Crippen molar-refractivity contribution in [3.05, 3.63) is 29.3 Å². The highest BCUT2D eigenvalue weighted by Gasteiger charge is 2.15. The van der Waals surface area contributed by atoms with Crippen LogP contribution < -0.4 is 5.32 Å². The minimum absolute atomic E-state index is 0.00587. The summed E-state index contributed by atoms with van der Waals surface area (Å²) >= 11 is 0. The van der Waals surface area contributed by atoms with E-state index in [1.54, 1.807) is 6.07 Å². The van der Waals surface area contributed by atoms with E-state index >= 15 is 0 Å². The zero-order valence-corrected chi connectivity index (χ0v) is 10.2. The lowest BCUT2D eigenvalue weighted by atomic mass is 10.0. The standard InChI is InChI=1S/C14H16F2N2/c15-12-7-11(9-17)8-13(16)14(12)18-6-5-10-3-1-2-4-10/h7-8,10,18H,1-6H2. The molecule has 0 aliphatic heterocycles. The summed E-state index contributed by atoms with van der Waals surface area (Å²) in [5.74, 6) is -0.710. The quantitative estimate of drug-likeness (QED) is 0.881. The lowest BCUT2D eigenvalue weighted by Gasteiger charge is -2.12. The van der Waals surface area contributed by atoms with Crippen LogP contribution in [0.5, 0.6) is 0 Å². The lowest BCUT2D eigenvalue weighted by molar-refractivity contribution is 0.515. The van der Waals surface area contributed by atoms with Gasteiger partial charge in [0.2, 0.25) is 0 Å². The molecule has 0 aromatic heterocycles. The fraction of sp³-hybridized carbons (Fsp3) is 0.500. The molecule has 1 aliphatic carbocycles. The topological polar surface area (TPSA) is 35.8 Å². The molecule has 0 spiro atoms. The van der Waals surface area contributed by atoms with Crippen molar-refractivity contribution in [3.8, 4) is 6.07 Å². The summed E-state index contributed by atoms with van der Waals surface area (Å²) in [7, 11) is 0. The van der Waals surface area contributed by atoms with Crippen molar-refractivity contribution in [2.24, 2.45) is 5.92 Å². The minimum atomic E-state index is -0.696. The van der Waals surface area contributed by atoms with Crippen molar-refractivity contribution in [1.82, 2.24) is 0 Å². The molecule has 2 rings (SSSR count). The average Bonchev–Trinajstić information content (AvgIpc) is 2.85. The Labute approximate surface area is 106 Å². The van der Waals surface area contributed by atoms with Crippen molar-refractivity contribution in [2.75, 3.05) is 11.9 Å². The summed E-state index contributed by atoms with van der Waals surface area (Å²) < 4.78 is 27.1. The smallest absolute Gasteiger partial charge is 0.150 e. The summed E-state index contributed by atoms with van der Waals surface area (Å²) in [4.78, 5) is 0. The van der Waals surface area contributed by atoms with Gasteiger partial charge >= 0.3 is 0 Å². The Morgan fingerprint density at radius 2 is 1.83 bits per heavy atom. The van der Waals surface area contributed by atoms with Crippen LogP contribution in [-0.4, -0.2) is 6.54 Å². The van der Waals surface area contributed by atoms with E-state index in [1.807, 2.05) is 0 Å². The van der Waals surface area contributed by atoms with Crippen molar-refractivity contribution in [3.63, 3.8) is 0 Å². The molecule has 0 saturated heterocycles. The Hall–Kier alpha value is -1.63. The lowest BCUT2D eigenvalue weighted by Crippen LogP contribution is -2.09. The third kappa shape index (κ3) is 2.98. The van der Waals surface area contributed by atoms with E-state index in [2.05, 4.69) is 5.32 Å². The van der Waals surface area contributed by atoms with Crippen molar-refractivity contribution in [1.29, 1.82) is 5.26 Å². The molecule has 2 nitrogen and oxygen atoms in total. The Kier molecular flexibility index (Phi) is 4.14. The summed E-state index contributed by atoms with van der Waals surface area (Å²) in [5, 5.41) is 11.4. The molecule has 0 atom stereocenters. The van der Waals surface area contributed by atoms with Gasteiger partial charge in [0.15, 0.2) is 11.6 Å².